The van der Waals surface area contributed by atoms with Gasteiger partial charge in [-0.3, -0.25) is 44.4 Å². The number of allylic oxidation sites excluding steroid dienone is 1. The molecule has 1 aliphatic carbocycles. The van der Waals surface area contributed by atoms with Crippen molar-refractivity contribution < 1.29 is 72.4 Å². The van der Waals surface area contributed by atoms with Gasteiger partial charge in [-0.1, -0.05) is 191 Å². The molecule has 28 nitrogen and oxygen atoms in total. The molecule has 5 aromatic heterocycles. The number of rotatable bonds is 26. The molecule has 0 spiro atoms. The predicted octanol–water partition coefficient (Wildman–Crippen LogP) is 23.5. The number of carbonyl (C=O) groups excluding carboxylic acids is 4. The highest BCUT2D eigenvalue weighted by atomic mass is 79.9. The molecule has 19 rings (SSSR count). The van der Waals surface area contributed by atoms with Crippen LogP contribution < -0.4 is 25.4 Å². The van der Waals surface area contributed by atoms with E-state index in [1.54, 1.807) is 105 Å². The lowest BCUT2D eigenvalue weighted by Gasteiger charge is -2.28. The van der Waals surface area contributed by atoms with Gasteiger partial charge in [0.05, 0.1) is 120 Å². The SMILES string of the molecule is BrB(Br)Br.CC(=O)C=P(c1ccccc1)(c1ccccc1)c1ccccc1.CCOC(=O)/C=C/c1ccc(C)cc1[N+](=O)[O-].Cc1cc(-n2cc(-c3ccc4ccc(OCCOCCN5CCOCC5)cc4n3)nn2)ccc1O.Cc1ccc(C=O)c([N+](=O)[O-])c1.Cc1ccc2c(c1)CC(=O)C=C2.Cc1ccc2ccc(Cl)nc2c1.Clc1ccc2ccc(OCCOCCN3CCOCC3)cc2n1.Oc1ccc2ccc(Cl)nc2c1. The highest BCUT2D eigenvalue weighted by Crippen LogP contribution is 2.44. The average Bonchev–Trinajstić information content (AvgIpc) is 0.753. The number of ether oxygens (including phenoxy) is 7. The van der Waals surface area contributed by atoms with E-state index >= 15 is 0 Å². The van der Waals surface area contributed by atoms with E-state index in [0.717, 1.165) is 156 Å². The number of phenols is 2. The van der Waals surface area contributed by atoms with E-state index in [9.17, 15) is 44.5 Å². The van der Waals surface area contributed by atoms with Crippen LogP contribution in [0.5, 0.6) is 23.0 Å². The van der Waals surface area contributed by atoms with E-state index < -0.39 is 22.7 Å². The molecule has 0 unspecified atom stereocenters. The van der Waals surface area contributed by atoms with E-state index in [1.807, 2.05) is 178 Å². The van der Waals surface area contributed by atoms with Crippen molar-refractivity contribution in [1.29, 1.82) is 0 Å². The van der Waals surface area contributed by atoms with Gasteiger partial charge in [0.25, 0.3) is 11.4 Å². The average molecular weight is 2300 g/mol. The molecule has 0 radical (unpaired) electrons. The summed E-state index contributed by atoms with van der Waals surface area (Å²) in [4.78, 5) is 86.8. The number of aldehydes is 1. The Hall–Kier alpha value is -13.4. The second kappa shape index (κ2) is 61.0. The van der Waals surface area contributed by atoms with Crippen LogP contribution in [0.2, 0.25) is 15.5 Å². The predicted molar refractivity (Wildman–Crippen MR) is 612 cm³/mol. The van der Waals surface area contributed by atoms with Crippen LogP contribution in [0.15, 0.2) is 303 Å². The molecule has 2 saturated heterocycles. The molecule has 0 bridgehead atoms. The minimum Gasteiger partial charge on any atom is -0.508 e. The number of carbonyl (C=O) groups is 4. The lowest BCUT2D eigenvalue weighted by atomic mass is 9.95. The summed E-state index contributed by atoms with van der Waals surface area (Å²) in [6.45, 7) is 23.5. The zero-order valence-corrected chi connectivity index (χ0v) is 91.6. The number of morpholine rings is 2. The summed E-state index contributed by atoms with van der Waals surface area (Å²) in [5, 5.41) is 57.8. The highest BCUT2D eigenvalue weighted by molar-refractivity contribution is 9.69. The van der Waals surface area contributed by atoms with Crippen molar-refractivity contribution >= 4 is 205 Å². The molecule has 150 heavy (non-hydrogen) atoms. The first-order valence-corrected chi connectivity index (χ1v) is 53.6. The Balaban J connectivity index is 0.000000167. The normalized spacial score (nSPS) is 12.4. The van der Waals surface area contributed by atoms with Gasteiger partial charge in [0, 0.05) is 104 Å². The van der Waals surface area contributed by atoms with Gasteiger partial charge in [-0.2, -0.15) is 0 Å². The zero-order valence-electron chi connectivity index (χ0n) is 83.6. The van der Waals surface area contributed by atoms with Crippen molar-refractivity contribution in [1.82, 2.24) is 44.7 Å². The molecule has 0 atom stereocenters. The molecule has 16 aromatic rings. The number of aromatic nitrogens is 7. The molecular formula is C114H113BBr3Cl3N11O17P. The van der Waals surface area contributed by atoms with Gasteiger partial charge in [-0.05, 0) is 238 Å². The number of nitro benzene ring substituents is 2. The molecule has 2 aliphatic heterocycles. The number of aryl methyl sites for hydroxylation is 5. The molecule has 7 heterocycles. The lowest BCUT2D eigenvalue weighted by molar-refractivity contribution is -0.385. The number of nitro groups is 2. The van der Waals surface area contributed by atoms with Gasteiger partial charge < -0.3 is 43.4 Å². The number of hydrogen-bond acceptors (Lipinski definition) is 25. The van der Waals surface area contributed by atoms with Crippen LogP contribution in [0.1, 0.15) is 68.7 Å². The highest BCUT2D eigenvalue weighted by Gasteiger charge is 2.26. The first-order valence-electron chi connectivity index (χ1n) is 47.8. The van der Waals surface area contributed by atoms with Crippen molar-refractivity contribution in [3.8, 4) is 40.1 Å². The van der Waals surface area contributed by atoms with E-state index in [-0.39, 0.29) is 49.8 Å². The Bertz CT molecular complexity index is 7080. The molecule has 0 saturated carbocycles. The molecule has 776 valence electrons. The maximum absolute atomic E-state index is 12.2. The summed E-state index contributed by atoms with van der Waals surface area (Å²) in [6, 6.07) is 89.8. The zero-order chi connectivity index (χ0) is 107. The Morgan fingerprint density at radius 2 is 0.940 bits per heavy atom. The van der Waals surface area contributed by atoms with Gasteiger partial charge >= 0.3 is 9.15 Å². The van der Waals surface area contributed by atoms with Gasteiger partial charge in [-0.25, -0.2) is 29.4 Å². The number of benzene rings is 11. The summed E-state index contributed by atoms with van der Waals surface area (Å²) in [7, 11) is 0. The smallest absolute Gasteiger partial charge is 0.369 e. The second-order valence-corrected chi connectivity index (χ2v) is 44.8. The third-order valence-electron chi connectivity index (χ3n) is 22.8. The number of halogens is 6. The number of phenolic OH excluding ortho intramolecular Hbond substituents is 2. The Morgan fingerprint density at radius 1 is 0.500 bits per heavy atom. The number of fused-ring (bicyclic) bond motifs is 5. The number of ketones is 2. The van der Waals surface area contributed by atoms with Crippen molar-refractivity contribution in [3.63, 3.8) is 0 Å². The Kier molecular flexibility index (Phi) is 47.6. The lowest BCUT2D eigenvalue weighted by Crippen LogP contribution is -2.38. The van der Waals surface area contributed by atoms with Crippen molar-refractivity contribution in [2.45, 2.75) is 54.9 Å². The minimum atomic E-state index is -2.08. The summed E-state index contributed by atoms with van der Waals surface area (Å²) in [5.41, 5.74) is 13.0. The van der Waals surface area contributed by atoms with Crippen LogP contribution in [-0.4, -0.2) is 210 Å². The molecule has 11 aromatic carbocycles. The fourth-order valence-corrected chi connectivity index (χ4v) is 19.6. The standard InChI is InChI=1S/C26H29N5O4.C21H19OP.C17H21ClN2O3.C12H13NO4.C11H10O.C10H8ClN.C9H6ClNO.C8H7NO3.BBr3/c1-19-16-21(4-7-26(19)32)31-18-25(28-29-31)23-6-3-20-2-5-22(17-24(20)27-23)35-15-14-34-13-10-30-8-11-33-12-9-30;1-18(22)17-23(19-11-5-2-6-12-19,20-13-7-3-8-14-20)21-15-9-4-10-16-21;18-17-4-2-14-1-3-15(13-16(14)19-17)23-12-11-22-10-7-20-5-8-21-9-6-20;1-3-17-12(14)7-6-10-5-4-9(2)8-11(10)13(15)16;1-8-2-3-9-4-5-11(12)7-10(9)6-8;1-7-2-3-8-4-5-10(11)12-9(8)6-7;10-9-4-2-6-1-3-7(12)5-8(6)11-9;1-6-2-3-7(5-10)8(4-6)9(11)12;2-1(3)4/h2-7,16-18,32H,8-15H2,1H3;2-17H,1H3;1-4,13H,5-12H2;4-8H,3H2,1-2H3;2-6H,7H2,1H3;2-6H,1H3;1-5,12H;2-5H,1H3;/b;;;7-6+;;;;;. The third-order valence-corrected chi connectivity index (χ3v) is 27.5. The number of hydrogen-bond donors (Lipinski definition) is 2. The second-order valence-electron chi connectivity index (χ2n) is 34.0. The van der Waals surface area contributed by atoms with Crippen molar-refractivity contribution in [2.75, 3.05) is 112 Å². The molecule has 2 fully saturated rings. The van der Waals surface area contributed by atoms with Crippen LogP contribution in [0, 0.1) is 54.8 Å². The number of pyridine rings is 4. The largest absolute Gasteiger partial charge is 0.508 e. The van der Waals surface area contributed by atoms with Gasteiger partial charge in [0.2, 0.25) is 0 Å². The van der Waals surface area contributed by atoms with Gasteiger partial charge in [-0.15, -0.1) is 52.4 Å². The number of Topliss-reactive ketones (excluding diaryl/α,β-unsaturated/α-hetero) is 1. The number of esters is 1. The first kappa shape index (κ1) is 117. The summed E-state index contributed by atoms with van der Waals surface area (Å²) >= 11 is 26.7. The maximum atomic E-state index is 12.2. The molecule has 2 N–H and O–H groups in total. The molecular weight excluding hydrogens is 2180 g/mol. The topological polar surface area (TPSA) is 348 Å². The van der Waals surface area contributed by atoms with Gasteiger partial charge in [0.15, 0.2) is 17.9 Å². The van der Waals surface area contributed by atoms with E-state index in [0.29, 0.717) is 78.0 Å². The summed E-state index contributed by atoms with van der Waals surface area (Å²) in [5.74, 6) is 3.73. The van der Waals surface area contributed by atoms with Crippen molar-refractivity contribution in [2.24, 2.45) is 0 Å². The number of nitrogens with zero attached hydrogens (tertiary/aromatic N) is 11. The monoisotopic (exact) mass is 2290 g/mol. The summed E-state index contributed by atoms with van der Waals surface area (Å²) in [6.07, 6.45) is 8.98. The van der Waals surface area contributed by atoms with Crippen LogP contribution in [-0.2, 0) is 44.5 Å². The van der Waals surface area contributed by atoms with Crippen LogP contribution in [0.25, 0.3) is 72.8 Å². The van der Waals surface area contributed by atoms with Crippen LogP contribution in [0.3, 0.4) is 0 Å². The van der Waals surface area contributed by atoms with Crippen LogP contribution in [0.4, 0.5) is 11.4 Å². The number of aromatic hydroxyl groups is 2. The summed E-state index contributed by atoms with van der Waals surface area (Å²) < 4.78 is 40.2. The van der Waals surface area contributed by atoms with Gasteiger partial charge in [0.1, 0.15) is 57.4 Å². The third kappa shape index (κ3) is 37.9. The van der Waals surface area contributed by atoms with E-state index in [4.69, 9.17) is 78.1 Å². The minimum absolute atomic E-state index is 0.0226. The Morgan fingerprint density at radius 3 is 1.43 bits per heavy atom. The molecule has 0 amide bonds. The fraction of sp³-hybridized carbons (Fsp3) is 0.219. The molecule has 3 aliphatic rings. The first-order chi connectivity index (χ1) is 72.4. The van der Waals surface area contributed by atoms with E-state index in [1.165, 1.54) is 63.0 Å². The maximum Gasteiger partial charge on any atom is 0.369 e. The Labute approximate surface area is 911 Å². The molecule has 36 heteroatoms. The van der Waals surface area contributed by atoms with E-state index in [2.05, 4.69) is 143 Å². The van der Waals surface area contributed by atoms with Crippen molar-refractivity contribution in [3.05, 3.63) is 389 Å². The fourth-order valence-electron chi connectivity index (χ4n) is 15.4. The van der Waals surface area contributed by atoms with Crippen LogP contribution >= 0.6 is 89.0 Å². The quantitative estimate of drug-likeness (QED) is 0.00585.